The highest BCUT2D eigenvalue weighted by Gasteiger charge is 2.48. The van der Waals surface area contributed by atoms with Gasteiger partial charge >= 0.3 is 0 Å². The van der Waals surface area contributed by atoms with Gasteiger partial charge in [-0.2, -0.15) is 0 Å². The maximum atomic E-state index is 11.8. The second kappa shape index (κ2) is 3.66. The number of benzene rings is 1. The van der Waals surface area contributed by atoms with Crippen LogP contribution >= 0.6 is 23.2 Å². The molecule has 3 heteroatoms. The molecule has 1 fully saturated rings. The number of alkyl halides is 1. The molecule has 0 aliphatic heterocycles. The molecule has 0 unspecified atom stereocenters. The van der Waals surface area contributed by atoms with Crippen LogP contribution in [0.3, 0.4) is 0 Å². The summed E-state index contributed by atoms with van der Waals surface area (Å²) in [7, 11) is 0. The lowest BCUT2D eigenvalue weighted by atomic mass is 10.0. The number of carbonyl (C=O) groups is 1. The highest BCUT2D eigenvalue weighted by atomic mass is 35.5. The van der Waals surface area contributed by atoms with Gasteiger partial charge in [0.25, 0.3) is 0 Å². The van der Waals surface area contributed by atoms with E-state index in [0.29, 0.717) is 10.6 Å². The van der Waals surface area contributed by atoms with Gasteiger partial charge in [0.1, 0.15) is 4.87 Å². The number of halogens is 2. The monoisotopic (exact) mass is 240 g/mol. The Morgan fingerprint density at radius 3 is 2.27 bits per heavy atom. The molecule has 78 valence electrons. The zero-order valence-electron chi connectivity index (χ0n) is 8.09. The van der Waals surface area contributed by atoms with Crippen LogP contribution in [-0.4, -0.2) is 10.7 Å². The van der Waals surface area contributed by atoms with E-state index in [-0.39, 0.29) is 5.78 Å². The molecule has 1 aromatic rings. The van der Waals surface area contributed by atoms with Crippen LogP contribution in [-0.2, 0) is 4.79 Å². The van der Waals surface area contributed by atoms with Crippen LogP contribution < -0.4 is 0 Å². The number of allylic oxidation sites excluding steroid dienone is 1. The smallest absolute Gasteiger partial charge is 0.183 e. The summed E-state index contributed by atoms with van der Waals surface area (Å²) in [6, 6.07) is 7.04. The summed E-state index contributed by atoms with van der Waals surface area (Å²) in [5.74, 6) is -0.0634. The SMILES string of the molecule is C=C(C(=O)C1(Cl)CC1)c1ccc(Cl)cc1. The molecular formula is C12H10Cl2O. The van der Waals surface area contributed by atoms with Gasteiger partial charge in [0.2, 0.25) is 0 Å². The molecule has 1 nitrogen and oxygen atoms in total. The van der Waals surface area contributed by atoms with Crippen LogP contribution in [0.5, 0.6) is 0 Å². The first-order valence-electron chi connectivity index (χ1n) is 4.71. The number of hydrogen-bond acceptors (Lipinski definition) is 1. The lowest BCUT2D eigenvalue weighted by Gasteiger charge is -2.08. The number of rotatable bonds is 3. The van der Waals surface area contributed by atoms with Gasteiger partial charge in [-0.25, -0.2) is 0 Å². The quantitative estimate of drug-likeness (QED) is 0.582. The van der Waals surface area contributed by atoms with E-state index in [0.717, 1.165) is 18.4 Å². The molecule has 1 aromatic carbocycles. The summed E-state index contributed by atoms with van der Waals surface area (Å²) in [5, 5.41) is 0.644. The Kier molecular flexibility index (Phi) is 2.61. The van der Waals surface area contributed by atoms with E-state index in [4.69, 9.17) is 23.2 Å². The Hall–Kier alpha value is -0.790. The molecule has 0 bridgehead atoms. The Balaban J connectivity index is 2.21. The average molecular weight is 241 g/mol. The summed E-state index contributed by atoms with van der Waals surface area (Å²) in [6.45, 7) is 3.78. The largest absolute Gasteiger partial charge is 0.292 e. The fourth-order valence-corrected chi connectivity index (χ4v) is 1.72. The Morgan fingerprint density at radius 2 is 1.80 bits per heavy atom. The molecule has 0 saturated heterocycles. The number of hydrogen-bond donors (Lipinski definition) is 0. The van der Waals surface area contributed by atoms with Crippen LogP contribution in [0.25, 0.3) is 5.57 Å². The average Bonchev–Trinajstić information content (AvgIpc) is 2.97. The molecule has 0 amide bonds. The van der Waals surface area contributed by atoms with Crippen molar-refractivity contribution in [2.24, 2.45) is 0 Å². The summed E-state index contributed by atoms with van der Waals surface area (Å²) in [5.41, 5.74) is 1.26. The molecule has 15 heavy (non-hydrogen) atoms. The molecule has 0 spiro atoms. The van der Waals surface area contributed by atoms with Gasteiger partial charge in [-0.15, -0.1) is 11.6 Å². The summed E-state index contributed by atoms with van der Waals surface area (Å²) in [6.07, 6.45) is 1.50. The van der Waals surface area contributed by atoms with Gasteiger partial charge in [0.05, 0.1) is 0 Å². The van der Waals surface area contributed by atoms with Crippen molar-refractivity contribution >= 4 is 34.6 Å². The molecule has 1 aliphatic rings. The molecule has 0 heterocycles. The van der Waals surface area contributed by atoms with Crippen LogP contribution in [0.4, 0.5) is 0 Å². The van der Waals surface area contributed by atoms with Crippen molar-refractivity contribution < 1.29 is 4.79 Å². The van der Waals surface area contributed by atoms with Gasteiger partial charge < -0.3 is 0 Å². The standard InChI is InChI=1S/C12H10Cl2O/c1-8(11(15)12(14)6-7-12)9-2-4-10(13)5-3-9/h2-5H,1,6-7H2. The minimum atomic E-state index is -0.670. The summed E-state index contributed by atoms with van der Waals surface area (Å²) in [4.78, 5) is 11.2. The predicted octanol–water partition coefficient (Wildman–Crippen LogP) is 3.69. The maximum Gasteiger partial charge on any atom is 0.183 e. The third kappa shape index (κ3) is 2.09. The predicted molar refractivity (Wildman–Crippen MR) is 63.3 cm³/mol. The van der Waals surface area contributed by atoms with Crippen molar-refractivity contribution in [1.82, 2.24) is 0 Å². The van der Waals surface area contributed by atoms with Crippen LogP contribution in [0.1, 0.15) is 18.4 Å². The van der Waals surface area contributed by atoms with Crippen molar-refractivity contribution in [3.8, 4) is 0 Å². The highest BCUT2D eigenvalue weighted by Crippen LogP contribution is 2.46. The third-order valence-electron chi connectivity index (χ3n) is 2.56. The highest BCUT2D eigenvalue weighted by molar-refractivity contribution is 6.46. The number of carbonyl (C=O) groups excluding carboxylic acids is 1. The normalized spacial score (nSPS) is 17.2. The second-order valence-electron chi connectivity index (χ2n) is 3.78. The number of Topliss-reactive ketones (excluding diaryl/α,β-unsaturated/α-hetero) is 1. The van der Waals surface area contributed by atoms with Gasteiger partial charge in [0, 0.05) is 10.6 Å². The van der Waals surface area contributed by atoms with Gasteiger partial charge in [-0.05, 0) is 30.5 Å². The topological polar surface area (TPSA) is 17.1 Å². The Bertz CT molecular complexity index is 416. The van der Waals surface area contributed by atoms with E-state index in [1.54, 1.807) is 24.3 Å². The first-order chi connectivity index (χ1) is 7.03. The minimum Gasteiger partial charge on any atom is -0.292 e. The van der Waals surface area contributed by atoms with E-state index in [9.17, 15) is 4.79 Å². The lowest BCUT2D eigenvalue weighted by Crippen LogP contribution is -2.16. The third-order valence-corrected chi connectivity index (χ3v) is 3.36. The van der Waals surface area contributed by atoms with Gasteiger partial charge in [-0.1, -0.05) is 30.3 Å². The zero-order valence-corrected chi connectivity index (χ0v) is 9.61. The van der Waals surface area contributed by atoms with E-state index in [1.807, 2.05) is 0 Å². The molecule has 0 atom stereocenters. The van der Waals surface area contributed by atoms with Crippen LogP contribution in [0.2, 0.25) is 5.02 Å². The first kappa shape index (κ1) is 10.7. The molecular weight excluding hydrogens is 231 g/mol. The summed E-state index contributed by atoms with van der Waals surface area (Å²) >= 11 is 11.8. The Labute approximate surface area is 98.7 Å². The molecule has 0 radical (unpaired) electrons. The first-order valence-corrected chi connectivity index (χ1v) is 5.47. The second-order valence-corrected chi connectivity index (χ2v) is 4.94. The number of ketones is 1. The van der Waals surface area contributed by atoms with Crippen LogP contribution in [0.15, 0.2) is 30.8 Å². The van der Waals surface area contributed by atoms with Crippen molar-refractivity contribution in [3.05, 3.63) is 41.4 Å². The van der Waals surface area contributed by atoms with Crippen molar-refractivity contribution in [1.29, 1.82) is 0 Å². The molecule has 0 aromatic heterocycles. The maximum absolute atomic E-state index is 11.8. The molecule has 1 aliphatic carbocycles. The lowest BCUT2D eigenvalue weighted by molar-refractivity contribution is -0.114. The van der Waals surface area contributed by atoms with Crippen LogP contribution in [0, 0.1) is 0 Å². The van der Waals surface area contributed by atoms with E-state index in [1.165, 1.54) is 0 Å². The molecule has 0 N–H and O–H groups in total. The van der Waals surface area contributed by atoms with E-state index < -0.39 is 4.87 Å². The van der Waals surface area contributed by atoms with Crippen molar-refractivity contribution in [2.45, 2.75) is 17.7 Å². The van der Waals surface area contributed by atoms with Gasteiger partial charge in [0.15, 0.2) is 5.78 Å². The van der Waals surface area contributed by atoms with Gasteiger partial charge in [-0.3, -0.25) is 4.79 Å². The van der Waals surface area contributed by atoms with E-state index in [2.05, 4.69) is 6.58 Å². The molecule has 1 saturated carbocycles. The summed E-state index contributed by atoms with van der Waals surface area (Å²) < 4.78 is 0. The van der Waals surface area contributed by atoms with Crippen molar-refractivity contribution in [2.75, 3.05) is 0 Å². The fourth-order valence-electron chi connectivity index (χ4n) is 1.39. The van der Waals surface area contributed by atoms with E-state index >= 15 is 0 Å². The minimum absolute atomic E-state index is 0.0634. The molecule has 2 rings (SSSR count). The fraction of sp³-hybridized carbons (Fsp3) is 0.250. The van der Waals surface area contributed by atoms with Crippen molar-refractivity contribution in [3.63, 3.8) is 0 Å². The Morgan fingerprint density at radius 1 is 1.27 bits per heavy atom. The zero-order chi connectivity index (χ0) is 11.1.